The van der Waals surface area contributed by atoms with E-state index in [0.29, 0.717) is 6.54 Å². The summed E-state index contributed by atoms with van der Waals surface area (Å²) in [5, 5.41) is 3.28. The van der Waals surface area contributed by atoms with E-state index in [2.05, 4.69) is 22.3 Å². The predicted octanol–water partition coefficient (Wildman–Crippen LogP) is 1.41. The number of thiazole rings is 1. The largest absolute Gasteiger partial charge is 0.331 e. The molecule has 0 aromatic carbocycles. The first-order valence-corrected chi connectivity index (χ1v) is 5.83. The van der Waals surface area contributed by atoms with Gasteiger partial charge in [0.05, 0.1) is 29.3 Å². The van der Waals surface area contributed by atoms with Gasteiger partial charge in [-0.3, -0.25) is 0 Å². The smallest absolute Gasteiger partial charge is 0.0953 e. The zero-order valence-electron chi connectivity index (χ0n) is 8.68. The van der Waals surface area contributed by atoms with Crippen molar-refractivity contribution in [2.75, 3.05) is 0 Å². The second-order valence-electron chi connectivity index (χ2n) is 3.33. The number of aromatic nitrogens is 3. The summed E-state index contributed by atoms with van der Waals surface area (Å²) in [5.41, 5.74) is 7.51. The lowest BCUT2D eigenvalue weighted by Crippen LogP contribution is -1.98. The summed E-state index contributed by atoms with van der Waals surface area (Å²) in [7, 11) is 0. The lowest BCUT2D eigenvalue weighted by atomic mass is 10.4. The molecule has 0 amide bonds. The van der Waals surface area contributed by atoms with E-state index in [1.807, 2.05) is 10.8 Å². The van der Waals surface area contributed by atoms with E-state index in [1.165, 1.54) is 5.01 Å². The molecule has 0 aliphatic carbocycles. The zero-order chi connectivity index (χ0) is 10.7. The van der Waals surface area contributed by atoms with E-state index < -0.39 is 0 Å². The summed E-state index contributed by atoms with van der Waals surface area (Å²) in [6.45, 7) is 3.39. The molecule has 2 aromatic heterocycles. The van der Waals surface area contributed by atoms with Gasteiger partial charge in [0.1, 0.15) is 0 Å². The summed E-state index contributed by atoms with van der Waals surface area (Å²) in [4.78, 5) is 8.67. The average Bonchev–Trinajstić information content (AvgIpc) is 2.87. The lowest BCUT2D eigenvalue weighted by Gasteiger charge is -1.96. The van der Waals surface area contributed by atoms with E-state index in [-0.39, 0.29) is 0 Å². The number of aryl methyl sites for hydroxylation is 1. The molecule has 0 fully saturated rings. The molecule has 2 heterocycles. The van der Waals surface area contributed by atoms with Gasteiger partial charge in [-0.1, -0.05) is 6.92 Å². The molecule has 0 atom stereocenters. The van der Waals surface area contributed by atoms with Gasteiger partial charge in [0.25, 0.3) is 0 Å². The summed E-state index contributed by atoms with van der Waals surface area (Å²) < 4.78 is 2.01. The summed E-state index contributed by atoms with van der Waals surface area (Å²) in [5.74, 6) is 0. The minimum atomic E-state index is 0.490. The maximum Gasteiger partial charge on any atom is 0.0953 e. The second kappa shape index (κ2) is 4.55. The molecule has 0 saturated carbocycles. The van der Waals surface area contributed by atoms with Crippen molar-refractivity contribution in [2.24, 2.45) is 5.73 Å². The molecule has 0 unspecified atom stereocenters. The first kappa shape index (κ1) is 10.3. The van der Waals surface area contributed by atoms with Gasteiger partial charge in [-0.05, 0) is 6.42 Å². The number of nitrogens with zero attached hydrogens (tertiary/aromatic N) is 3. The van der Waals surface area contributed by atoms with Gasteiger partial charge >= 0.3 is 0 Å². The third-order valence-corrected chi connectivity index (χ3v) is 3.18. The Balaban J connectivity index is 2.07. The molecule has 4 nitrogen and oxygen atoms in total. The lowest BCUT2D eigenvalue weighted by molar-refractivity contribution is 0.773. The number of imidazole rings is 1. The van der Waals surface area contributed by atoms with E-state index in [0.717, 1.165) is 24.4 Å². The number of hydrogen-bond donors (Lipinski definition) is 1. The molecular formula is C10H14N4S. The van der Waals surface area contributed by atoms with Crippen LogP contribution in [-0.2, 0) is 19.5 Å². The van der Waals surface area contributed by atoms with Crippen LogP contribution in [0.2, 0.25) is 0 Å². The van der Waals surface area contributed by atoms with Crippen LogP contribution in [0.3, 0.4) is 0 Å². The van der Waals surface area contributed by atoms with Crippen molar-refractivity contribution >= 4 is 11.3 Å². The Bertz CT molecular complexity index is 392. The monoisotopic (exact) mass is 222 g/mol. The molecule has 0 radical (unpaired) electrons. The highest BCUT2D eigenvalue weighted by molar-refractivity contribution is 7.09. The Hall–Kier alpha value is -1.20. The van der Waals surface area contributed by atoms with E-state index in [1.54, 1.807) is 17.7 Å². The van der Waals surface area contributed by atoms with Crippen LogP contribution in [0.4, 0.5) is 0 Å². The van der Waals surface area contributed by atoms with Gasteiger partial charge in [0.2, 0.25) is 0 Å². The maximum absolute atomic E-state index is 5.49. The fraction of sp³-hybridized carbons (Fsp3) is 0.400. The molecule has 0 bridgehead atoms. The first-order valence-electron chi connectivity index (χ1n) is 4.95. The van der Waals surface area contributed by atoms with Crippen molar-refractivity contribution in [3.05, 3.63) is 34.3 Å². The van der Waals surface area contributed by atoms with Crippen molar-refractivity contribution in [1.82, 2.24) is 14.5 Å². The highest BCUT2D eigenvalue weighted by Gasteiger charge is 2.02. The number of hydrogen-bond acceptors (Lipinski definition) is 4. The molecule has 2 N–H and O–H groups in total. The fourth-order valence-electron chi connectivity index (χ4n) is 1.37. The van der Waals surface area contributed by atoms with Gasteiger partial charge in [-0.25, -0.2) is 9.97 Å². The molecule has 15 heavy (non-hydrogen) atoms. The quantitative estimate of drug-likeness (QED) is 0.851. The standard InChI is InChI=1S/C10H14N4S/c1-2-10-13-9(6-15-10)5-14-4-8(3-11)12-7-14/h4,6-7H,2-3,5,11H2,1H3. The molecule has 2 aromatic rings. The third-order valence-electron chi connectivity index (χ3n) is 2.14. The molecule has 2 rings (SSSR count). The Morgan fingerprint density at radius 1 is 1.47 bits per heavy atom. The average molecular weight is 222 g/mol. The topological polar surface area (TPSA) is 56.7 Å². The highest BCUT2D eigenvalue weighted by atomic mass is 32.1. The summed E-state index contributed by atoms with van der Waals surface area (Å²) in [6, 6.07) is 0. The van der Waals surface area contributed by atoms with E-state index in [4.69, 9.17) is 5.73 Å². The van der Waals surface area contributed by atoms with Crippen LogP contribution in [0.15, 0.2) is 17.9 Å². The third kappa shape index (κ3) is 2.43. The van der Waals surface area contributed by atoms with Crippen LogP contribution >= 0.6 is 11.3 Å². The number of rotatable bonds is 4. The zero-order valence-corrected chi connectivity index (χ0v) is 9.50. The second-order valence-corrected chi connectivity index (χ2v) is 4.27. The van der Waals surface area contributed by atoms with Crippen LogP contribution in [0, 0.1) is 0 Å². The van der Waals surface area contributed by atoms with Crippen molar-refractivity contribution in [2.45, 2.75) is 26.4 Å². The van der Waals surface area contributed by atoms with Crippen LogP contribution in [0.5, 0.6) is 0 Å². The molecular weight excluding hydrogens is 208 g/mol. The van der Waals surface area contributed by atoms with Gasteiger partial charge in [0.15, 0.2) is 0 Å². The Morgan fingerprint density at radius 3 is 2.93 bits per heavy atom. The SMILES string of the molecule is CCc1nc(Cn2cnc(CN)c2)cs1. The Kier molecular flexibility index (Phi) is 3.13. The Labute approximate surface area is 92.8 Å². The van der Waals surface area contributed by atoms with Crippen molar-refractivity contribution in [1.29, 1.82) is 0 Å². The van der Waals surface area contributed by atoms with Crippen LogP contribution in [0.25, 0.3) is 0 Å². The summed E-state index contributed by atoms with van der Waals surface area (Å²) in [6.07, 6.45) is 4.76. The minimum Gasteiger partial charge on any atom is -0.331 e. The maximum atomic E-state index is 5.49. The normalized spacial score (nSPS) is 10.8. The molecule has 0 saturated heterocycles. The summed E-state index contributed by atoms with van der Waals surface area (Å²) >= 11 is 1.71. The first-order chi connectivity index (χ1) is 7.31. The van der Waals surface area contributed by atoms with Crippen molar-refractivity contribution in [3.8, 4) is 0 Å². The molecule has 0 aliphatic heterocycles. The van der Waals surface area contributed by atoms with Crippen LogP contribution in [-0.4, -0.2) is 14.5 Å². The van der Waals surface area contributed by atoms with Crippen LogP contribution < -0.4 is 5.73 Å². The minimum absolute atomic E-state index is 0.490. The van der Waals surface area contributed by atoms with Gasteiger partial charge in [-0.2, -0.15) is 0 Å². The highest BCUT2D eigenvalue weighted by Crippen LogP contribution is 2.11. The van der Waals surface area contributed by atoms with Gasteiger partial charge in [-0.15, -0.1) is 11.3 Å². The van der Waals surface area contributed by atoms with E-state index >= 15 is 0 Å². The van der Waals surface area contributed by atoms with E-state index in [9.17, 15) is 0 Å². The van der Waals surface area contributed by atoms with Crippen molar-refractivity contribution in [3.63, 3.8) is 0 Å². The van der Waals surface area contributed by atoms with Gasteiger partial charge in [0, 0.05) is 18.1 Å². The molecule has 5 heteroatoms. The molecule has 80 valence electrons. The molecule has 0 spiro atoms. The Morgan fingerprint density at radius 2 is 2.33 bits per heavy atom. The number of nitrogens with two attached hydrogens (primary N) is 1. The van der Waals surface area contributed by atoms with Crippen molar-refractivity contribution < 1.29 is 0 Å². The van der Waals surface area contributed by atoms with Crippen LogP contribution in [0.1, 0.15) is 23.3 Å². The molecule has 0 aliphatic rings. The van der Waals surface area contributed by atoms with Gasteiger partial charge < -0.3 is 10.3 Å². The fourth-order valence-corrected chi connectivity index (χ4v) is 2.11. The predicted molar refractivity (Wildman–Crippen MR) is 60.7 cm³/mol.